The van der Waals surface area contributed by atoms with Gasteiger partial charge in [0.25, 0.3) is 0 Å². The quantitative estimate of drug-likeness (QED) is 0.604. The van der Waals surface area contributed by atoms with Crippen LogP contribution < -0.4 is 0 Å². The van der Waals surface area contributed by atoms with Gasteiger partial charge in [-0.2, -0.15) is 0 Å². The first-order valence-corrected chi connectivity index (χ1v) is 3.95. The molecule has 0 aliphatic heterocycles. The van der Waals surface area contributed by atoms with E-state index in [4.69, 9.17) is 5.11 Å². The smallest absolute Gasteiger partial charge is 0.307 e. The molecule has 60 valence electrons. The predicted molar refractivity (Wildman–Crippen MR) is 37.0 cm³/mol. The van der Waals surface area contributed by atoms with E-state index in [1.54, 1.807) is 0 Å². The maximum absolute atomic E-state index is 11.1. The summed E-state index contributed by atoms with van der Waals surface area (Å²) in [5.41, 5.74) is 0. The number of carboxylic acid groups (broad SMARTS) is 1. The molecule has 0 aromatic heterocycles. The van der Waals surface area contributed by atoms with Gasteiger partial charge in [0.2, 0.25) is 0 Å². The highest BCUT2D eigenvalue weighted by Crippen LogP contribution is 2.47. The largest absolute Gasteiger partial charge is 0.481 e. The molecule has 2 rings (SSSR count). The van der Waals surface area contributed by atoms with Gasteiger partial charge in [-0.3, -0.25) is 9.59 Å². The van der Waals surface area contributed by atoms with Gasteiger partial charge in [0.15, 0.2) is 0 Å². The highest BCUT2D eigenvalue weighted by Gasteiger charge is 2.50. The summed E-state index contributed by atoms with van der Waals surface area (Å²) in [7, 11) is 0. The molecule has 3 heteroatoms. The molecule has 3 atom stereocenters. The summed E-state index contributed by atoms with van der Waals surface area (Å²) in [4.78, 5) is 21.7. The van der Waals surface area contributed by atoms with E-state index < -0.39 is 5.97 Å². The van der Waals surface area contributed by atoms with E-state index in [0.717, 1.165) is 12.8 Å². The minimum Gasteiger partial charge on any atom is -0.481 e. The predicted octanol–water partition coefficient (Wildman–Crippen LogP) is 0.686. The second-order valence-corrected chi connectivity index (χ2v) is 3.48. The van der Waals surface area contributed by atoms with Crippen LogP contribution in [0.25, 0.3) is 0 Å². The maximum Gasteiger partial charge on any atom is 0.307 e. The van der Waals surface area contributed by atoms with E-state index in [0.29, 0.717) is 6.42 Å². The third kappa shape index (κ3) is 0.800. The van der Waals surface area contributed by atoms with Crippen LogP contribution in [-0.2, 0) is 9.59 Å². The molecule has 2 aliphatic rings. The van der Waals surface area contributed by atoms with Gasteiger partial charge in [0.1, 0.15) is 5.78 Å². The van der Waals surface area contributed by atoms with E-state index in [9.17, 15) is 9.59 Å². The summed E-state index contributed by atoms with van der Waals surface area (Å²) in [6.07, 6.45) is 2.26. The second-order valence-electron chi connectivity index (χ2n) is 3.48. The Bertz CT molecular complexity index is 221. The van der Waals surface area contributed by atoms with Crippen LogP contribution in [0.3, 0.4) is 0 Å². The van der Waals surface area contributed by atoms with Gasteiger partial charge in [-0.25, -0.2) is 0 Å². The highest BCUT2D eigenvalue weighted by molar-refractivity contribution is 5.91. The van der Waals surface area contributed by atoms with Crippen LogP contribution in [0.5, 0.6) is 0 Å². The first-order valence-electron chi connectivity index (χ1n) is 3.95. The van der Waals surface area contributed by atoms with Crippen LogP contribution in [0.1, 0.15) is 19.3 Å². The first kappa shape index (κ1) is 6.83. The van der Waals surface area contributed by atoms with E-state index in [1.807, 2.05) is 0 Å². The molecule has 11 heavy (non-hydrogen) atoms. The SMILES string of the molecule is O=C(O)C1C2CC[C@H]1C(=O)C2. The van der Waals surface area contributed by atoms with Crippen molar-refractivity contribution in [3.05, 3.63) is 0 Å². The third-order valence-corrected chi connectivity index (χ3v) is 2.95. The Balaban J connectivity index is 2.25. The molecule has 2 saturated carbocycles. The Morgan fingerprint density at radius 3 is 2.45 bits per heavy atom. The molecule has 0 amide bonds. The first-order chi connectivity index (χ1) is 5.20. The molecule has 3 nitrogen and oxygen atoms in total. The van der Waals surface area contributed by atoms with Gasteiger partial charge >= 0.3 is 5.97 Å². The molecule has 0 saturated heterocycles. The van der Waals surface area contributed by atoms with Crippen LogP contribution in [0.15, 0.2) is 0 Å². The van der Waals surface area contributed by atoms with Crippen molar-refractivity contribution in [1.29, 1.82) is 0 Å². The monoisotopic (exact) mass is 154 g/mol. The summed E-state index contributed by atoms with van der Waals surface area (Å²) in [5.74, 6) is -0.929. The van der Waals surface area contributed by atoms with Crippen molar-refractivity contribution in [2.45, 2.75) is 19.3 Å². The lowest BCUT2D eigenvalue weighted by Crippen LogP contribution is -2.19. The minimum atomic E-state index is -0.775. The van der Waals surface area contributed by atoms with E-state index in [-0.39, 0.29) is 23.5 Å². The Morgan fingerprint density at radius 2 is 2.18 bits per heavy atom. The minimum absolute atomic E-state index is 0.141. The number of ketones is 1. The summed E-state index contributed by atoms with van der Waals surface area (Å²) >= 11 is 0. The van der Waals surface area contributed by atoms with E-state index >= 15 is 0 Å². The zero-order valence-corrected chi connectivity index (χ0v) is 6.12. The van der Waals surface area contributed by atoms with E-state index in [2.05, 4.69) is 0 Å². The number of rotatable bonds is 1. The average Bonchev–Trinajstić information content (AvgIpc) is 2.41. The number of carbonyl (C=O) groups is 2. The number of carboxylic acids is 1. The van der Waals surface area contributed by atoms with Gasteiger partial charge in [-0.05, 0) is 18.8 Å². The molecule has 0 aromatic carbocycles. The van der Waals surface area contributed by atoms with Gasteiger partial charge in [0, 0.05) is 12.3 Å². The van der Waals surface area contributed by atoms with Crippen molar-refractivity contribution in [1.82, 2.24) is 0 Å². The fourth-order valence-electron chi connectivity index (χ4n) is 2.46. The van der Waals surface area contributed by atoms with Gasteiger partial charge in [-0.15, -0.1) is 0 Å². The van der Waals surface area contributed by atoms with Crippen molar-refractivity contribution < 1.29 is 14.7 Å². The maximum atomic E-state index is 11.1. The summed E-state index contributed by atoms with van der Waals surface area (Å²) in [6.45, 7) is 0. The van der Waals surface area contributed by atoms with Gasteiger partial charge in [-0.1, -0.05) is 0 Å². The van der Waals surface area contributed by atoms with Crippen LogP contribution in [-0.4, -0.2) is 16.9 Å². The third-order valence-electron chi connectivity index (χ3n) is 2.95. The Morgan fingerprint density at radius 1 is 1.45 bits per heavy atom. The van der Waals surface area contributed by atoms with E-state index in [1.165, 1.54) is 0 Å². The van der Waals surface area contributed by atoms with Crippen molar-refractivity contribution in [2.75, 3.05) is 0 Å². The Labute approximate surface area is 64.4 Å². The molecule has 2 fully saturated rings. The highest BCUT2D eigenvalue weighted by atomic mass is 16.4. The van der Waals surface area contributed by atoms with Crippen molar-refractivity contribution >= 4 is 11.8 Å². The topological polar surface area (TPSA) is 54.4 Å². The molecule has 2 unspecified atom stereocenters. The molecule has 0 aromatic rings. The Kier molecular flexibility index (Phi) is 1.28. The van der Waals surface area contributed by atoms with Crippen molar-refractivity contribution in [2.24, 2.45) is 17.8 Å². The van der Waals surface area contributed by atoms with Crippen molar-refractivity contribution in [3.63, 3.8) is 0 Å². The zero-order valence-electron chi connectivity index (χ0n) is 6.12. The number of carbonyl (C=O) groups excluding carboxylic acids is 1. The van der Waals surface area contributed by atoms with Crippen LogP contribution in [0.4, 0.5) is 0 Å². The van der Waals surface area contributed by atoms with Crippen LogP contribution in [0.2, 0.25) is 0 Å². The molecular formula is C8H10O3. The lowest BCUT2D eigenvalue weighted by atomic mass is 9.98. The zero-order chi connectivity index (χ0) is 8.01. The summed E-state index contributed by atoms with van der Waals surface area (Å²) < 4.78 is 0. The van der Waals surface area contributed by atoms with Crippen LogP contribution >= 0.6 is 0 Å². The van der Waals surface area contributed by atoms with Gasteiger partial charge in [0.05, 0.1) is 5.92 Å². The molecule has 0 spiro atoms. The molecule has 2 aliphatic carbocycles. The lowest BCUT2D eigenvalue weighted by molar-refractivity contribution is -0.144. The normalized spacial score (nSPS) is 41.5. The van der Waals surface area contributed by atoms with Crippen LogP contribution in [0, 0.1) is 17.8 Å². The number of hydrogen-bond acceptors (Lipinski definition) is 2. The number of hydrogen-bond donors (Lipinski definition) is 1. The fraction of sp³-hybridized carbons (Fsp3) is 0.750. The number of aliphatic carboxylic acids is 1. The summed E-state index contributed by atoms with van der Waals surface area (Å²) in [5, 5.41) is 8.76. The molecule has 1 N–H and O–H groups in total. The second kappa shape index (κ2) is 2.06. The Hall–Kier alpha value is -0.860. The van der Waals surface area contributed by atoms with Crippen molar-refractivity contribution in [3.8, 4) is 0 Å². The van der Waals surface area contributed by atoms with Gasteiger partial charge < -0.3 is 5.11 Å². The number of Topliss-reactive ketones (excluding diaryl/α,β-unsaturated/α-hetero) is 1. The lowest BCUT2D eigenvalue weighted by Gasteiger charge is -2.05. The fourth-order valence-corrected chi connectivity index (χ4v) is 2.46. The number of fused-ring (bicyclic) bond motifs is 2. The standard InChI is InChI=1S/C8H10O3/c9-6-3-4-1-2-5(6)7(4)8(10)11/h4-5,7H,1-3H2,(H,10,11)/t4?,5-,7?/m0/s1. The average molecular weight is 154 g/mol. The molecule has 2 bridgehead atoms. The molecule has 0 heterocycles. The molecule has 0 radical (unpaired) electrons. The molecular weight excluding hydrogens is 144 g/mol. The summed E-state index contributed by atoms with van der Waals surface area (Å²) in [6, 6.07) is 0.